The molecule has 2 N–H and O–H groups in total. The van der Waals surface area contributed by atoms with Crippen LogP contribution in [0.1, 0.15) is 37.7 Å². The van der Waals surface area contributed by atoms with Crippen molar-refractivity contribution in [1.29, 1.82) is 0 Å². The van der Waals surface area contributed by atoms with Crippen LogP contribution in [0.25, 0.3) is 10.8 Å². The molecule has 2 aliphatic rings. The first-order valence-corrected chi connectivity index (χ1v) is 10.2. The molecule has 2 amide bonds. The molecule has 4 rings (SSSR count). The highest BCUT2D eigenvalue weighted by Crippen LogP contribution is 2.49. The molecule has 0 aromatic heterocycles. The van der Waals surface area contributed by atoms with E-state index in [2.05, 4.69) is 10.6 Å². The lowest BCUT2D eigenvalue weighted by molar-refractivity contribution is -0.125. The third-order valence-electron chi connectivity index (χ3n) is 6.40. The topological polar surface area (TPSA) is 58.2 Å². The Hall–Kier alpha value is -2.36. The fourth-order valence-electron chi connectivity index (χ4n) is 5.05. The van der Waals surface area contributed by atoms with Crippen LogP contribution in [0, 0.1) is 17.8 Å². The number of carbonyl (C=O) groups excluding carboxylic acids is 2. The lowest BCUT2D eigenvalue weighted by atomic mass is 9.86. The molecule has 0 radical (unpaired) electrons. The lowest BCUT2D eigenvalue weighted by Crippen LogP contribution is -2.38. The molecular weight excluding hydrogens is 336 g/mol. The Balaban J connectivity index is 1.19. The average molecular weight is 364 g/mol. The maximum Gasteiger partial charge on any atom is 0.239 e. The Bertz CT molecular complexity index is 827. The summed E-state index contributed by atoms with van der Waals surface area (Å²) in [5.41, 5.74) is 0.988. The number of fused-ring (bicyclic) bond motifs is 3. The van der Waals surface area contributed by atoms with Crippen LogP contribution in [0.2, 0.25) is 0 Å². The number of nitrogens with one attached hydrogen (secondary N) is 2. The summed E-state index contributed by atoms with van der Waals surface area (Å²) >= 11 is 0. The monoisotopic (exact) mass is 364 g/mol. The highest BCUT2D eigenvalue weighted by atomic mass is 16.2. The van der Waals surface area contributed by atoms with E-state index in [-0.39, 0.29) is 18.4 Å². The van der Waals surface area contributed by atoms with Crippen molar-refractivity contribution in [3.05, 3.63) is 48.0 Å². The van der Waals surface area contributed by atoms with Crippen molar-refractivity contribution < 1.29 is 9.59 Å². The Morgan fingerprint density at radius 1 is 0.926 bits per heavy atom. The second-order valence-corrected chi connectivity index (χ2v) is 8.17. The Morgan fingerprint density at radius 2 is 1.78 bits per heavy atom. The molecule has 0 spiro atoms. The van der Waals surface area contributed by atoms with E-state index < -0.39 is 0 Å². The van der Waals surface area contributed by atoms with Gasteiger partial charge in [-0.3, -0.25) is 9.59 Å². The number of hydrogen-bond donors (Lipinski definition) is 2. The van der Waals surface area contributed by atoms with Crippen LogP contribution in [-0.4, -0.2) is 24.9 Å². The first-order valence-electron chi connectivity index (χ1n) is 10.2. The fourth-order valence-corrected chi connectivity index (χ4v) is 5.05. The zero-order valence-electron chi connectivity index (χ0n) is 15.7. The summed E-state index contributed by atoms with van der Waals surface area (Å²) in [5.74, 6) is 2.43. The van der Waals surface area contributed by atoms with Gasteiger partial charge in [0.05, 0.1) is 13.0 Å². The van der Waals surface area contributed by atoms with Gasteiger partial charge >= 0.3 is 0 Å². The number of amides is 2. The Labute approximate surface area is 160 Å². The number of rotatable bonds is 7. The van der Waals surface area contributed by atoms with Crippen molar-refractivity contribution in [2.45, 2.75) is 38.5 Å². The second-order valence-electron chi connectivity index (χ2n) is 8.17. The van der Waals surface area contributed by atoms with E-state index in [4.69, 9.17) is 0 Å². The van der Waals surface area contributed by atoms with Crippen molar-refractivity contribution in [2.75, 3.05) is 13.1 Å². The van der Waals surface area contributed by atoms with Gasteiger partial charge in [0.2, 0.25) is 11.8 Å². The van der Waals surface area contributed by atoms with Crippen LogP contribution < -0.4 is 10.6 Å². The molecule has 2 aliphatic carbocycles. The summed E-state index contributed by atoms with van der Waals surface area (Å²) in [5, 5.41) is 7.93. The van der Waals surface area contributed by atoms with Gasteiger partial charge in [0, 0.05) is 6.54 Å². The van der Waals surface area contributed by atoms with E-state index in [0.717, 1.165) is 47.1 Å². The molecule has 142 valence electrons. The van der Waals surface area contributed by atoms with E-state index in [1.165, 1.54) is 25.7 Å². The normalized spacial score (nSPS) is 23.5. The van der Waals surface area contributed by atoms with Gasteiger partial charge < -0.3 is 10.6 Å². The molecule has 0 saturated heterocycles. The molecule has 2 bridgehead atoms. The summed E-state index contributed by atoms with van der Waals surface area (Å²) in [6.45, 7) is 0.784. The van der Waals surface area contributed by atoms with Gasteiger partial charge in [0.25, 0.3) is 0 Å². The standard InChI is InChI=1S/C23H28N2O2/c26-22(14-20-6-3-5-17-4-1-2-7-21(17)20)25-15-23(27)24-11-10-19-13-16-8-9-18(19)12-16/h1-7,16,18-19H,8-15H2,(H,24,27)(H,25,26). The van der Waals surface area contributed by atoms with Gasteiger partial charge in [0.15, 0.2) is 0 Å². The average Bonchev–Trinajstić information content (AvgIpc) is 3.30. The summed E-state index contributed by atoms with van der Waals surface area (Å²) in [6.07, 6.45) is 6.92. The first kappa shape index (κ1) is 18.0. The molecule has 2 fully saturated rings. The van der Waals surface area contributed by atoms with Gasteiger partial charge in [-0.05, 0) is 59.8 Å². The van der Waals surface area contributed by atoms with Crippen LogP contribution in [0.15, 0.2) is 42.5 Å². The minimum absolute atomic E-state index is 0.0559. The minimum atomic E-state index is -0.116. The van der Waals surface area contributed by atoms with Crippen molar-refractivity contribution >= 4 is 22.6 Å². The highest BCUT2D eigenvalue weighted by molar-refractivity contribution is 5.91. The first-order chi connectivity index (χ1) is 13.2. The van der Waals surface area contributed by atoms with Gasteiger partial charge in [-0.1, -0.05) is 48.9 Å². The third kappa shape index (κ3) is 4.32. The van der Waals surface area contributed by atoms with E-state index in [1.54, 1.807) is 0 Å². The van der Waals surface area contributed by atoms with Crippen LogP contribution >= 0.6 is 0 Å². The maximum atomic E-state index is 12.2. The summed E-state index contributed by atoms with van der Waals surface area (Å²) in [7, 11) is 0. The van der Waals surface area contributed by atoms with Crippen molar-refractivity contribution in [2.24, 2.45) is 17.8 Å². The zero-order chi connectivity index (χ0) is 18.6. The predicted molar refractivity (Wildman–Crippen MR) is 107 cm³/mol. The molecule has 4 heteroatoms. The molecule has 2 aromatic rings. The van der Waals surface area contributed by atoms with E-state index >= 15 is 0 Å². The van der Waals surface area contributed by atoms with Crippen LogP contribution in [0.4, 0.5) is 0 Å². The summed E-state index contributed by atoms with van der Waals surface area (Å²) in [6, 6.07) is 14.0. The fraction of sp³-hybridized carbons (Fsp3) is 0.478. The van der Waals surface area contributed by atoms with E-state index in [1.807, 2.05) is 42.5 Å². The number of carbonyl (C=O) groups is 2. The quantitative estimate of drug-likeness (QED) is 0.791. The largest absolute Gasteiger partial charge is 0.355 e. The number of hydrogen-bond acceptors (Lipinski definition) is 2. The van der Waals surface area contributed by atoms with Gasteiger partial charge in [-0.15, -0.1) is 0 Å². The molecule has 0 heterocycles. The predicted octanol–water partition coefficient (Wildman–Crippen LogP) is 3.44. The van der Waals surface area contributed by atoms with Crippen LogP contribution in [0.3, 0.4) is 0 Å². The summed E-state index contributed by atoms with van der Waals surface area (Å²) < 4.78 is 0. The van der Waals surface area contributed by atoms with Crippen LogP contribution in [0.5, 0.6) is 0 Å². The summed E-state index contributed by atoms with van der Waals surface area (Å²) in [4.78, 5) is 24.3. The second kappa shape index (κ2) is 8.12. The Kier molecular flexibility index (Phi) is 5.42. The SMILES string of the molecule is O=C(CNC(=O)Cc1cccc2ccccc12)NCCC1CC2CCC1C2. The van der Waals surface area contributed by atoms with Crippen LogP contribution in [-0.2, 0) is 16.0 Å². The lowest BCUT2D eigenvalue weighted by Gasteiger charge is -2.21. The number of benzene rings is 2. The minimum Gasteiger partial charge on any atom is -0.355 e. The van der Waals surface area contributed by atoms with Crippen molar-refractivity contribution in [3.8, 4) is 0 Å². The molecule has 3 atom stereocenters. The van der Waals surface area contributed by atoms with Crippen molar-refractivity contribution in [1.82, 2.24) is 10.6 Å². The Morgan fingerprint density at radius 3 is 2.59 bits per heavy atom. The van der Waals surface area contributed by atoms with Crippen molar-refractivity contribution in [3.63, 3.8) is 0 Å². The maximum absolute atomic E-state index is 12.2. The molecule has 2 aromatic carbocycles. The molecule has 2 saturated carbocycles. The highest BCUT2D eigenvalue weighted by Gasteiger charge is 2.38. The molecule has 4 nitrogen and oxygen atoms in total. The molecule has 0 aliphatic heterocycles. The van der Waals surface area contributed by atoms with Gasteiger partial charge in [-0.25, -0.2) is 0 Å². The molecule has 27 heavy (non-hydrogen) atoms. The molecular formula is C23H28N2O2. The zero-order valence-corrected chi connectivity index (χ0v) is 15.7. The third-order valence-corrected chi connectivity index (χ3v) is 6.40. The van der Waals surface area contributed by atoms with Gasteiger partial charge in [0.1, 0.15) is 0 Å². The molecule has 3 unspecified atom stereocenters. The van der Waals surface area contributed by atoms with Gasteiger partial charge in [-0.2, -0.15) is 0 Å². The smallest absolute Gasteiger partial charge is 0.239 e. The van der Waals surface area contributed by atoms with E-state index in [9.17, 15) is 9.59 Å². The van der Waals surface area contributed by atoms with E-state index in [0.29, 0.717) is 6.42 Å².